The Balaban J connectivity index is 1.45. The summed E-state index contributed by atoms with van der Waals surface area (Å²) in [6.45, 7) is 7.41. The number of amides is 1. The van der Waals surface area contributed by atoms with E-state index in [0.717, 1.165) is 0 Å². The molecule has 2 aliphatic heterocycles. The van der Waals surface area contributed by atoms with Gasteiger partial charge < -0.3 is 24.0 Å². The van der Waals surface area contributed by atoms with E-state index < -0.39 is 11.9 Å². The first-order chi connectivity index (χ1) is 14.1. The lowest BCUT2D eigenvalue weighted by molar-refractivity contribution is -0.286. The van der Waals surface area contributed by atoms with Gasteiger partial charge >= 0.3 is 12.4 Å². The van der Waals surface area contributed by atoms with Crippen LogP contribution in [-0.4, -0.2) is 64.2 Å². The molecule has 0 unspecified atom stereocenters. The number of nitrogens with zero attached hydrogens (tertiary/aromatic N) is 5. The first-order valence-corrected chi connectivity index (χ1v) is 9.42. The number of carbonyl (C=O) groups excluding carboxylic acids is 1. The fourth-order valence-corrected chi connectivity index (χ4v) is 3.09. The second kappa shape index (κ2) is 7.22. The molecular weight excluding hydrogens is 400 g/mol. The van der Waals surface area contributed by atoms with E-state index in [0.29, 0.717) is 43.4 Å². The van der Waals surface area contributed by atoms with Crippen LogP contribution >= 0.6 is 0 Å². The van der Waals surface area contributed by atoms with Crippen LogP contribution in [0.15, 0.2) is 24.4 Å². The maximum absolute atomic E-state index is 13.2. The van der Waals surface area contributed by atoms with Gasteiger partial charge in [0.2, 0.25) is 5.95 Å². The fraction of sp³-hybridized carbons (Fsp3) is 0.474. The molecule has 9 nitrogen and oxygen atoms in total. The van der Waals surface area contributed by atoms with Crippen LogP contribution in [0.3, 0.4) is 0 Å². The Morgan fingerprint density at radius 3 is 2.53 bits per heavy atom. The molecule has 160 valence electrons. The highest BCUT2D eigenvalue weighted by atomic mass is 19.3. The van der Waals surface area contributed by atoms with Crippen LogP contribution in [0.25, 0.3) is 11.3 Å². The van der Waals surface area contributed by atoms with E-state index in [1.165, 1.54) is 18.3 Å². The normalized spacial score (nSPS) is 17.8. The molecule has 0 radical (unpaired) electrons. The largest absolute Gasteiger partial charge is 0.586 e. The second-order valence-electron chi connectivity index (χ2n) is 7.93. The van der Waals surface area contributed by atoms with Crippen molar-refractivity contribution in [1.29, 1.82) is 0 Å². The monoisotopic (exact) mass is 421 g/mol. The molecule has 1 fully saturated rings. The number of hydrogen-bond acceptors (Lipinski definition) is 8. The number of halogens is 2. The summed E-state index contributed by atoms with van der Waals surface area (Å²) in [7, 11) is 0. The van der Waals surface area contributed by atoms with E-state index in [9.17, 15) is 13.6 Å². The van der Waals surface area contributed by atoms with Crippen molar-refractivity contribution < 1.29 is 27.8 Å². The van der Waals surface area contributed by atoms with Gasteiger partial charge in [-0.2, -0.15) is 5.10 Å². The minimum Gasteiger partial charge on any atom is -0.444 e. The highest BCUT2D eigenvalue weighted by Gasteiger charge is 2.43. The van der Waals surface area contributed by atoms with Crippen LogP contribution in [0, 0.1) is 0 Å². The number of alkyl halides is 2. The zero-order chi connectivity index (χ0) is 21.5. The zero-order valence-electron chi connectivity index (χ0n) is 16.8. The van der Waals surface area contributed by atoms with Gasteiger partial charge in [0.15, 0.2) is 11.5 Å². The molecule has 2 aromatic rings. The Labute approximate surface area is 171 Å². The van der Waals surface area contributed by atoms with E-state index in [2.05, 4.69) is 24.7 Å². The molecule has 1 aromatic carbocycles. The van der Waals surface area contributed by atoms with E-state index >= 15 is 0 Å². The Morgan fingerprint density at radius 2 is 1.83 bits per heavy atom. The van der Waals surface area contributed by atoms with Gasteiger partial charge in [-0.3, -0.25) is 0 Å². The van der Waals surface area contributed by atoms with Gasteiger partial charge in [-0.1, -0.05) is 0 Å². The molecule has 4 rings (SSSR count). The predicted molar refractivity (Wildman–Crippen MR) is 101 cm³/mol. The molecule has 0 atom stereocenters. The van der Waals surface area contributed by atoms with Gasteiger partial charge in [-0.25, -0.2) is 9.78 Å². The van der Waals surface area contributed by atoms with E-state index in [1.807, 2.05) is 25.7 Å². The lowest BCUT2D eigenvalue weighted by atomic mass is 10.1. The van der Waals surface area contributed by atoms with Crippen LogP contribution < -0.4 is 14.4 Å². The second-order valence-corrected chi connectivity index (χ2v) is 7.93. The van der Waals surface area contributed by atoms with Crippen molar-refractivity contribution in [3.8, 4) is 22.8 Å². The Kier molecular flexibility index (Phi) is 4.83. The van der Waals surface area contributed by atoms with E-state index in [1.54, 1.807) is 11.0 Å². The first-order valence-electron chi connectivity index (χ1n) is 9.42. The number of anilines is 1. The average molecular weight is 421 g/mol. The Bertz CT molecular complexity index is 958. The highest BCUT2D eigenvalue weighted by molar-refractivity contribution is 5.68. The summed E-state index contributed by atoms with van der Waals surface area (Å²) < 4.78 is 40.8. The zero-order valence-corrected chi connectivity index (χ0v) is 16.8. The van der Waals surface area contributed by atoms with Gasteiger partial charge in [-0.15, -0.1) is 13.9 Å². The first kappa shape index (κ1) is 20.0. The summed E-state index contributed by atoms with van der Waals surface area (Å²) >= 11 is 0. The van der Waals surface area contributed by atoms with Crippen molar-refractivity contribution in [3.05, 3.63) is 24.4 Å². The molecular formula is C19H21F2N5O4. The third-order valence-corrected chi connectivity index (χ3v) is 4.46. The van der Waals surface area contributed by atoms with Crippen molar-refractivity contribution in [2.24, 2.45) is 0 Å². The van der Waals surface area contributed by atoms with Gasteiger partial charge in [0.25, 0.3) is 0 Å². The summed E-state index contributed by atoms with van der Waals surface area (Å²) in [5.74, 6) is 0.284. The number of ether oxygens (including phenoxy) is 3. The third-order valence-electron chi connectivity index (χ3n) is 4.46. The predicted octanol–water partition coefficient (Wildman–Crippen LogP) is 2.92. The van der Waals surface area contributed by atoms with Crippen molar-refractivity contribution >= 4 is 12.0 Å². The number of aromatic nitrogens is 3. The van der Waals surface area contributed by atoms with Crippen molar-refractivity contribution in [2.45, 2.75) is 32.7 Å². The maximum atomic E-state index is 13.2. The standard InChI is InChI=1S/C19H21F2N5O4/c1-18(2,3)30-17(27)26-8-6-25(7-9-26)16-23-13(11-22-24-16)12-4-5-14-15(10-12)29-19(20,21)28-14/h4-5,10-11H,6-9H2,1-3H3. The quantitative estimate of drug-likeness (QED) is 0.731. The number of hydrogen-bond donors (Lipinski definition) is 0. The Hall–Kier alpha value is -3.24. The molecule has 11 heteroatoms. The van der Waals surface area contributed by atoms with Crippen LogP contribution in [0.2, 0.25) is 0 Å². The minimum atomic E-state index is -3.68. The number of piperazine rings is 1. The molecule has 1 saturated heterocycles. The summed E-state index contributed by atoms with van der Waals surface area (Å²) in [5, 5.41) is 8.05. The number of rotatable bonds is 2. The molecule has 0 N–H and O–H groups in total. The lowest BCUT2D eigenvalue weighted by Crippen LogP contribution is -2.50. The molecule has 0 saturated carbocycles. The smallest absolute Gasteiger partial charge is 0.444 e. The highest BCUT2D eigenvalue weighted by Crippen LogP contribution is 2.42. The summed E-state index contributed by atoms with van der Waals surface area (Å²) in [5.41, 5.74) is 0.444. The van der Waals surface area contributed by atoms with Crippen molar-refractivity contribution in [3.63, 3.8) is 0 Å². The SMILES string of the molecule is CC(C)(C)OC(=O)N1CCN(c2nncc(-c3ccc4c(c3)OC(F)(F)O4)n2)CC1. The van der Waals surface area contributed by atoms with Crippen LogP contribution in [-0.2, 0) is 4.74 Å². The van der Waals surface area contributed by atoms with Crippen molar-refractivity contribution in [1.82, 2.24) is 20.1 Å². The lowest BCUT2D eigenvalue weighted by Gasteiger charge is -2.35. The molecule has 30 heavy (non-hydrogen) atoms. The van der Waals surface area contributed by atoms with Gasteiger partial charge in [-0.05, 0) is 39.0 Å². The number of carbonyl (C=O) groups is 1. The van der Waals surface area contributed by atoms with Crippen molar-refractivity contribution in [2.75, 3.05) is 31.1 Å². The number of fused-ring (bicyclic) bond motifs is 1. The van der Waals surface area contributed by atoms with Crippen LogP contribution in [0.5, 0.6) is 11.5 Å². The van der Waals surface area contributed by atoms with E-state index in [4.69, 9.17) is 4.74 Å². The molecule has 3 heterocycles. The summed E-state index contributed by atoms with van der Waals surface area (Å²) in [6.07, 6.45) is -2.59. The van der Waals surface area contributed by atoms with E-state index in [-0.39, 0.29) is 17.6 Å². The van der Waals surface area contributed by atoms with Gasteiger partial charge in [0, 0.05) is 31.7 Å². The Morgan fingerprint density at radius 1 is 1.13 bits per heavy atom. The minimum absolute atomic E-state index is 0.0377. The molecule has 1 aromatic heterocycles. The molecule has 0 aliphatic carbocycles. The molecule has 0 bridgehead atoms. The molecule has 2 aliphatic rings. The molecule has 1 amide bonds. The van der Waals surface area contributed by atoms with Crippen LogP contribution in [0.1, 0.15) is 20.8 Å². The van der Waals surface area contributed by atoms with Gasteiger partial charge in [0.05, 0.1) is 11.9 Å². The third kappa shape index (κ3) is 4.34. The number of benzene rings is 1. The summed E-state index contributed by atoms with van der Waals surface area (Å²) in [4.78, 5) is 20.2. The maximum Gasteiger partial charge on any atom is 0.586 e. The van der Waals surface area contributed by atoms with Crippen LogP contribution in [0.4, 0.5) is 19.5 Å². The fourth-order valence-electron chi connectivity index (χ4n) is 3.09. The topological polar surface area (TPSA) is 89.9 Å². The molecule has 0 spiro atoms. The average Bonchev–Trinajstić information content (AvgIpc) is 3.00. The van der Waals surface area contributed by atoms with Gasteiger partial charge in [0.1, 0.15) is 5.60 Å². The summed E-state index contributed by atoms with van der Waals surface area (Å²) in [6, 6.07) is 4.41.